The van der Waals surface area contributed by atoms with E-state index in [1.165, 1.54) is 29.7 Å². The van der Waals surface area contributed by atoms with Crippen molar-refractivity contribution in [3.63, 3.8) is 0 Å². The zero-order valence-corrected chi connectivity index (χ0v) is 12.1. The van der Waals surface area contributed by atoms with Crippen LogP contribution in [-0.4, -0.2) is 25.9 Å². The van der Waals surface area contributed by atoms with E-state index in [0.717, 1.165) is 5.56 Å². The lowest BCUT2D eigenvalue weighted by molar-refractivity contribution is 0.0958. The third-order valence-electron chi connectivity index (χ3n) is 2.61. The monoisotopic (exact) mass is 311 g/mol. The van der Waals surface area contributed by atoms with Gasteiger partial charge in [-0.15, -0.1) is 11.3 Å². The van der Waals surface area contributed by atoms with Crippen molar-refractivity contribution in [2.45, 2.75) is 11.3 Å². The van der Waals surface area contributed by atoms with Crippen molar-refractivity contribution >= 4 is 27.3 Å². The average Bonchev–Trinajstić information content (AvgIpc) is 2.92. The number of benzene rings is 1. The van der Waals surface area contributed by atoms with Crippen LogP contribution in [0.2, 0.25) is 0 Å². The molecule has 8 heteroatoms. The van der Waals surface area contributed by atoms with E-state index in [1.807, 2.05) is 0 Å². The highest BCUT2D eigenvalue weighted by atomic mass is 32.2. The number of nitrogens with one attached hydrogen (secondary N) is 1. The molecule has 0 saturated carbocycles. The zero-order chi connectivity index (χ0) is 14.6. The minimum absolute atomic E-state index is 0.0787. The largest absolute Gasteiger partial charge is 0.351 e. The van der Waals surface area contributed by atoms with Gasteiger partial charge < -0.3 is 5.32 Å². The van der Waals surface area contributed by atoms with Gasteiger partial charge in [0.1, 0.15) is 4.88 Å². The van der Waals surface area contributed by atoms with Gasteiger partial charge in [-0.2, -0.15) is 0 Å². The first kappa shape index (κ1) is 14.6. The molecule has 1 aromatic heterocycles. The summed E-state index contributed by atoms with van der Waals surface area (Å²) in [6, 6.07) is 6.27. The van der Waals surface area contributed by atoms with Gasteiger partial charge in [0.25, 0.3) is 5.91 Å². The number of rotatable bonds is 5. The zero-order valence-electron chi connectivity index (χ0n) is 10.4. The molecule has 0 atom stereocenters. The van der Waals surface area contributed by atoms with Gasteiger partial charge >= 0.3 is 0 Å². The Morgan fingerprint density at radius 2 is 2.00 bits per heavy atom. The summed E-state index contributed by atoms with van der Waals surface area (Å²) in [6.45, 7) is 0.464. The van der Waals surface area contributed by atoms with Gasteiger partial charge in [0.15, 0.2) is 0 Å². The number of aromatic nitrogens is 1. The molecule has 0 aliphatic carbocycles. The molecule has 2 rings (SSSR count). The lowest BCUT2D eigenvalue weighted by Gasteiger charge is -2.04. The second kappa shape index (κ2) is 6.12. The number of nitrogens with two attached hydrogens (primary N) is 1. The highest BCUT2D eigenvalue weighted by Crippen LogP contribution is 2.09. The summed E-state index contributed by atoms with van der Waals surface area (Å²) in [4.78, 5) is 16.1. The van der Waals surface area contributed by atoms with Crippen LogP contribution in [0.15, 0.2) is 40.9 Å². The lowest BCUT2D eigenvalue weighted by atomic mass is 10.1. The second-order valence-electron chi connectivity index (χ2n) is 4.06. The molecule has 0 radical (unpaired) electrons. The number of nitrogens with zero attached hydrogens (tertiary/aromatic N) is 1. The van der Waals surface area contributed by atoms with Gasteiger partial charge in [-0.05, 0) is 24.1 Å². The van der Waals surface area contributed by atoms with Crippen LogP contribution in [0.25, 0.3) is 0 Å². The lowest BCUT2D eigenvalue weighted by Crippen LogP contribution is -2.24. The Bertz CT molecular complexity index is 679. The number of carbonyl (C=O) groups excluding carboxylic acids is 1. The van der Waals surface area contributed by atoms with Crippen LogP contribution in [0.3, 0.4) is 0 Å². The van der Waals surface area contributed by atoms with E-state index in [4.69, 9.17) is 5.14 Å². The normalized spacial score (nSPS) is 11.2. The van der Waals surface area contributed by atoms with Crippen molar-refractivity contribution in [3.05, 3.63) is 46.4 Å². The highest BCUT2D eigenvalue weighted by molar-refractivity contribution is 7.89. The SMILES string of the molecule is NS(=O)(=O)c1ccc(CCNC(=O)c2cncs2)cc1. The van der Waals surface area contributed by atoms with E-state index < -0.39 is 10.0 Å². The minimum Gasteiger partial charge on any atom is -0.351 e. The Kier molecular flexibility index (Phi) is 4.48. The topological polar surface area (TPSA) is 102 Å². The molecule has 6 nitrogen and oxygen atoms in total. The maximum atomic E-state index is 11.6. The quantitative estimate of drug-likeness (QED) is 0.851. The number of hydrogen-bond donors (Lipinski definition) is 2. The molecule has 0 fully saturated rings. The Balaban J connectivity index is 1.87. The highest BCUT2D eigenvalue weighted by Gasteiger charge is 2.08. The maximum absolute atomic E-state index is 11.6. The molecule has 0 bridgehead atoms. The molecular weight excluding hydrogens is 298 g/mol. The van der Waals surface area contributed by atoms with Crippen molar-refractivity contribution in [1.29, 1.82) is 0 Å². The van der Waals surface area contributed by atoms with Crippen molar-refractivity contribution in [3.8, 4) is 0 Å². The standard InChI is InChI=1S/C12H13N3O3S2/c13-20(17,18)10-3-1-9(2-4-10)5-6-15-12(16)11-7-14-8-19-11/h1-4,7-8H,5-6H2,(H,15,16)(H2,13,17,18). The third-order valence-corrected chi connectivity index (χ3v) is 4.31. The summed E-state index contributed by atoms with van der Waals surface area (Å²) in [5.41, 5.74) is 2.52. The van der Waals surface area contributed by atoms with E-state index in [0.29, 0.717) is 17.8 Å². The van der Waals surface area contributed by atoms with Gasteiger partial charge in [-0.3, -0.25) is 9.78 Å². The minimum atomic E-state index is -3.66. The van der Waals surface area contributed by atoms with Crippen LogP contribution in [0, 0.1) is 0 Å². The summed E-state index contributed by atoms with van der Waals surface area (Å²) in [7, 11) is -3.66. The molecular formula is C12H13N3O3S2. The van der Waals surface area contributed by atoms with Crippen molar-refractivity contribution in [2.24, 2.45) is 5.14 Å². The van der Waals surface area contributed by atoms with Crippen LogP contribution in [-0.2, 0) is 16.4 Å². The van der Waals surface area contributed by atoms with Crippen LogP contribution < -0.4 is 10.5 Å². The number of thiazole rings is 1. The van der Waals surface area contributed by atoms with Crippen molar-refractivity contribution in [2.75, 3.05) is 6.54 Å². The fraction of sp³-hybridized carbons (Fsp3) is 0.167. The van der Waals surface area contributed by atoms with Gasteiger partial charge in [-0.1, -0.05) is 12.1 Å². The maximum Gasteiger partial charge on any atom is 0.263 e. The molecule has 106 valence electrons. The predicted octanol–water partition coefficient (Wildman–Crippen LogP) is 0.763. The van der Waals surface area contributed by atoms with Crippen LogP contribution >= 0.6 is 11.3 Å². The first-order chi connectivity index (χ1) is 9.47. The molecule has 0 aliphatic heterocycles. The Hall–Kier alpha value is -1.77. The Labute approximate surface area is 120 Å². The van der Waals surface area contributed by atoms with Gasteiger partial charge in [0.05, 0.1) is 16.6 Å². The second-order valence-corrected chi connectivity index (χ2v) is 6.51. The van der Waals surface area contributed by atoms with E-state index in [1.54, 1.807) is 17.6 Å². The molecule has 0 aliphatic rings. The number of hydrogen-bond acceptors (Lipinski definition) is 5. The van der Waals surface area contributed by atoms with E-state index >= 15 is 0 Å². The molecule has 0 unspecified atom stereocenters. The first-order valence-corrected chi connectivity index (χ1v) is 8.18. The summed E-state index contributed by atoms with van der Waals surface area (Å²) in [5.74, 6) is -0.159. The molecule has 1 heterocycles. The fourth-order valence-electron chi connectivity index (χ4n) is 1.58. The fourth-order valence-corrected chi connectivity index (χ4v) is 2.63. The smallest absolute Gasteiger partial charge is 0.263 e. The van der Waals surface area contributed by atoms with E-state index in [2.05, 4.69) is 10.3 Å². The van der Waals surface area contributed by atoms with Gasteiger partial charge in [0.2, 0.25) is 10.0 Å². The average molecular weight is 311 g/mol. The number of carbonyl (C=O) groups is 1. The van der Waals surface area contributed by atoms with Gasteiger partial charge in [-0.25, -0.2) is 13.6 Å². The summed E-state index contributed by atoms with van der Waals surface area (Å²) < 4.78 is 22.2. The number of amides is 1. The van der Waals surface area contributed by atoms with E-state index in [-0.39, 0.29) is 10.8 Å². The Morgan fingerprint density at radius 1 is 1.30 bits per heavy atom. The van der Waals surface area contributed by atoms with Crippen LogP contribution in [0.4, 0.5) is 0 Å². The number of primary sulfonamides is 1. The molecule has 20 heavy (non-hydrogen) atoms. The molecule has 0 saturated heterocycles. The van der Waals surface area contributed by atoms with E-state index in [9.17, 15) is 13.2 Å². The first-order valence-electron chi connectivity index (χ1n) is 5.75. The third kappa shape index (κ3) is 3.86. The molecule has 3 N–H and O–H groups in total. The molecule has 0 spiro atoms. The summed E-state index contributed by atoms with van der Waals surface area (Å²) >= 11 is 1.28. The van der Waals surface area contributed by atoms with Crippen LogP contribution in [0.5, 0.6) is 0 Å². The predicted molar refractivity (Wildman–Crippen MR) is 76.0 cm³/mol. The summed E-state index contributed by atoms with van der Waals surface area (Å²) in [6.07, 6.45) is 2.12. The number of sulfonamides is 1. The van der Waals surface area contributed by atoms with Crippen LogP contribution in [0.1, 0.15) is 15.2 Å². The summed E-state index contributed by atoms with van der Waals surface area (Å²) in [5, 5.41) is 7.78. The molecule has 2 aromatic rings. The van der Waals surface area contributed by atoms with Crippen molar-refractivity contribution in [1.82, 2.24) is 10.3 Å². The Morgan fingerprint density at radius 3 is 2.55 bits per heavy atom. The molecule has 1 aromatic carbocycles. The molecule has 1 amide bonds. The van der Waals surface area contributed by atoms with Gasteiger partial charge in [0, 0.05) is 6.54 Å². The van der Waals surface area contributed by atoms with Crippen molar-refractivity contribution < 1.29 is 13.2 Å².